The molecule has 23 heavy (non-hydrogen) atoms. The van der Waals surface area contributed by atoms with Crippen molar-refractivity contribution < 1.29 is 14.0 Å². The molecule has 2 heterocycles. The zero-order valence-corrected chi connectivity index (χ0v) is 13.6. The molecule has 0 aliphatic rings. The van der Waals surface area contributed by atoms with Crippen LogP contribution in [0.3, 0.4) is 0 Å². The van der Waals surface area contributed by atoms with Crippen LogP contribution in [0.5, 0.6) is 0 Å². The van der Waals surface area contributed by atoms with Crippen molar-refractivity contribution in [2.75, 3.05) is 5.32 Å². The second-order valence-corrected chi connectivity index (χ2v) is 5.56. The Morgan fingerprint density at radius 1 is 1.39 bits per heavy atom. The monoisotopic (exact) mass is 318 g/mol. The molecule has 2 aromatic heterocycles. The minimum absolute atomic E-state index is 0.167. The van der Waals surface area contributed by atoms with Gasteiger partial charge in [-0.15, -0.1) is 0 Å². The molecule has 0 saturated carbocycles. The lowest BCUT2D eigenvalue weighted by Gasteiger charge is -2.11. The lowest BCUT2D eigenvalue weighted by Crippen LogP contribution is -2.41. The molecule has 0 fully saturated rings. The maximum atomic E-state index is 12.1. The topological polar surface area (TPSA) is 100 Å². The van der Waals surface area contributed by atoms with Crippen LogP contribution >= 0.6 is 0 Å². The van der Waals surface area contributed by atoms with Gasteiger partial charge in [0.15, 0.2) is 11.6 Å². The van der Waals surface area contributed by atoms with Gasteiger partial charge in [-0.1, -0.05) is 20.3 Å². The zero-order chi connectivity index (χ0) is 16.8. The number of hydrogen-bond acceptors (Lipinski definition) is 4. The fourth-order valence-electron chi connectivity index (χ4n) is 2.22. The maximum absolute atomic E-state index is 12.1. The van der Waals surface area contributed by atoms with E-state index in [9.17, 15) is 9.59 Å². The summed E-state index contributed by atoms with van der Waals surface area (Å²) < 4.78 is 4.99. The van der Waals surface area contributed by atoms with Crippen LogP contribution in [0.4, 0.5) is 5.82 Å². The average molecular weight is 318 g/mol. The van der Waals surface area contributed by atoms with E-state index in [1.165, 1.54) is 12.3 Å². The SMILES string of the molecule is CCCC(C)c1cc(NC(=O)C(C)NC(=O)c2ccco2)n[nH]1. The minimum Gasteiger partial charge on any atom is -0.459 e. The number of amides is 2. The van der Waals surface area contributed by atoms with Crippen molar-refractivity contribution in [2.45, 2.75) is 45.6 Å². The fourth-order valence-corrected chi connectivity index (χ4v) is 2.22. The van der Waals surface area contributed by atoms with Crippen LogP contribution in [0.15, 0.2) is 28.9 Å². The second kappa shape index (κ2) is 7.62. The Labute approximate surface area is 134 Å². The van der Waals surface area contributed by atoms with E-state index in [-0.39, 0.29) is 11.7 Å². The van der Waals surface area contributed by atoms with E-state index < -0.39 is 11.9 Å². The number of carbonyl (C=O) groups is 2. The molecule has 2 amide bonds. The molecule has 0 aliphatic heterocycles. The number of nitrogens with one attached hydrogen (secondary N) is 3. The second-order valence-electron chi connectivity index (χ2n) is 5.56. The predicted octanol–water partition coefficient (Wildman–Crippen LogP) is 2.66. The highest BCUT2D eigenvalue weighted by Crippen LogP contribution is 2.20. The summed E-state index contributed by atoms with van der Waals surface area (Å²) in [4.78, 5) is 23.9. The number of rotatable bonds is 7. The highest BCUT2D eigenvalue weighted by atomic mass is 16.3. The highest BCUT2D eigenvalue weighted by Gasteiger charge is 2.19. The molecule has 124 valence electrons. The molecule has 0 saturated heterocycles. The standard InChI is InChI=1S/C16H22N4O3/c1-4-6-10(2)12-9-14(20-19-12)18-15(21)11(3)17-16(22)13-7-5-8-23-13/h5,7-11H,4,6H2,1-3H3,(H,17,22)(H2,18,19,20,21). The first kappa shape index (κ1) is 16.8. The van der Waals surface area contributed by atoms with Crippen LogP contribution in [0.2, 0.25) is 0 Å². The van der Waals surface area contributed by atoms with Crippen molar-refractivity contribution >= 4 is 17.6 Å². The minimum atomic E-state index is -0.708. The third kappa shape index (κ3) is 4.45. The molecule has 0 aliphatic carbocycles. The molecule has 7 heteroatoms. The summed E-state index contributed by atoms with van der Waals surface area (Å²) in [5.74, 6) is 0.199. The van der Waals surface area contributed by atoms with E-state index >= 15 is 0 Å². The number of carbonyl (C=O) groups excluding carboxylic acids is 2. The first-order valence-corrected chi connectivity index (χ1v) is 7.71. The Kier molecular flexibility index (Phi) is 5.56. The van der Waals surface area contributed by atoms with Gasteiger partial charge < -0.3 is 15.1 Å². The Morgan fingerprint density at radius 3 is 2.83 bits per heavy atom. The van der Waals surface area contributed by atoms with Gasteiger partial charge in [-0.25, -0.2) is 0 Å². The van der Waals surface area contributed by atoms with Crippen LogP contribution in [-0.2, 0) is 4.79 Å². The van der Waals surface area contributed by atoms with Gasteiger partial charge in [0.1, 0.15) is 6.04 Å². The molecular formula is C16H22N4O3. The fraction of sp³-hybridized carbons (Fsp3) is 0.438. The van der Waals surface area contributed by atoms with E-state index in [2.05, 4.69) is 34.7 Å². The molecule has 0 aromatic carbocycles. The molecule has 2 atom stereocenters. The van der Waals surface area contributed by atoms with Crippen molar-refractivity contribution in [3.63, 3.8) is 0 Å². The first-order valence-electron chi connectivity index (χ1n) is 7.71. The maximum Gasteiger partial charge on any atom is 0.287 e. The predicted molar refractivity (Wildman–Crippen MR) is 86.2 cm³/mol. The molecule has 7 nitrogen and oxygen atoms in total. The molecule has 0 radical (unpaired) electrons. The van der Waals surface area contributed by atoms with Gasteiger partial charge in [-0.3, -0.25) is 14.7 Å². The first-order chi connectivity index (χ1) is 11.0. The number of hydrogen-bond donors (Lipinski definition) is 3. The normalized spacial score (nSPS) is 13.3. The summed E-state index contributed by atoms with van der Waals surface area (Å²) in [6.07, 6.45) is 3.53. The van der Waals surface area contributed by atoms with Gasteiger partial charge in [-0.05, 0) is 31.4 Å². The van der Waals surface area contributed by atoms with Crippen LogP contribution < -0.4 is 10.6 Å². The van der Waals surface area contributed by atoms with Crippen molar-refractivity contribution in [1.29, 1.82) is 0 Å². The number of nitrogens with zero attached hydrogens (tertiary/aromatic N) is 1. The van der Waals surface area contributed by atoms with Crippen LogP contribution in [0.1, 0.15) is 55.8 Å². The number of furan rings is 1. The molecule has 2 aromatic rings. The van der Waals surface area contributed by atoms with Crippen molar-refractivity contribution in [3.8, 4) is 0 Å². The van der Waals surface area contributed by atoms with Gasteiger partial charge in [-0.2, -0.15) is 5.10 Å². The van der Waals surface area contributed by atoms with Gasteiger partial charge >= 0.3 is 0 Å². The van der Waals surface area contributed by atoms with Crippen molar-refractivity contribution in [1.82, 2.24) is 15.5 Å². The summed E-state index contributed by atoms with van der Waals surface area (Å²) in [5, 5.41) is 12.3. The van der Waals surface area contributed by atoms with E-state index in [0.29, 0.717) is 11.7 Å². The van der Waals surface area contributed by atoms with Crippen LogP contribution in [0.25, 0.3) is 0 Å². The van der Waals surface area contributed by atoms with Crippen molar-refractivity contribution in [3.05, 3.63) is 35.9 Å². The molecule has 2 unspecified atom stereocenters. The van der Waals surface area contributed by atoms with E-state index in [1.807, 2.05) is 6.07 Å². The molecule has 0 bridgehead atoms. The average Bonchev–Trinajstić information content (AvgIpc) is 3.18. The smallest absolute Gasteiger partial charge is 0.287 e. The number of aromatic amines is 1. The van der Waals surface area contributed by atoms with Gasteiger partial charge in [0.25, 0.3) is 5.91 Å². The van der Waals surface area contributed by atoms with E-state index in [1.54, 1.807) is 13.0 Å². The quantitative estimate of drug-likeness (QED) is 0.730. The van der Waals surface area contributed by atoms with Crippen LogP contribution in [0, 0.1) is 0 Å². The summed E-state index contributed by atoms with van der Waals surface area (Å²) >= 11 is 0. The Morgan fingerprint density at radius 2 is 2.17 bits per heavy atom. The molecule has 3 N–H and O–H groups in total. The van der Waals surface area contributed by atoms with Gasteiger partial charge in [0, 0.05) is 11.8 Å². The third-order valence-electron chi connectivity index (χ3n) is 3.59. The lowest BCUT2D eigenvalue weighted by atomic mass is 10.0. The Bertz CT molecular complexity index is 648. The number of aromatic nitrogens is 2. The summed E-state index contributed by atoms with van der Waals surface area (Å²) in [7, 11) is 0. The summed E-state index contributed by atoms with van der Waals surface area (Å²) in [5.41, 5.74) is 0.981. The third-order valence-corrected chi connectivity index (χ3v) is 3.59. The van der Waals surface area contributed by atoms with Gasteiger partial charge in [0.05, 0.1) is 6.26 Å². The largest absolute Gasteiger partial charge is 0.459 e. The van der Waals surface area contributed by atoms with E-state index in [0.717, 1.165) is 18.5 Å². The van der Waals surface area contributed by atoms with Crippen LogP contribution in [-0.4, -0.2) is 28.1 Å². The highest BCUT2D eigenvalue weighted by molar-refractivity contribution is 5.99. The lowest BCUT2D eigenvalue weighted by molar-refractivity contribution is -0.117. The number of anilines is 1. The zero-order valence-electron chi connectivity index (χ0n) is 13.6. The Hall–Kier alpha value is -2.57. The van der Waals surface area contributed by atoms with Crippen molar-refractivity contribution in [2.24, 2.45) is 0 Å². The summed E-state index contributed by atoms with van der Waals surface area (Å²) in [6, 6.07) is 4.26. The Balaban J connectivity index is 1.89. The molecule has 0 spiro atoms. The van der Waals surface area contributed by atoms with E-state index in [4.69, 9.17) is 4.42 Å². The van der Waals surface area contributed by atoms with Gasteiger partial charge in [0.2, 0.25) is 5.91 Å². The summed E-state index contributed by atoms with van der Waals surface area (Å²) in [6.45, 7) is 5.83. The number of H-pyrrole nitrogens is 1. The molecular weight excluding hydrogens is 296 g/mol. The molecule has 2 rings (SSSR count).